The van der Waals surface area contributed by atoms with E-state index in [0.717, 1.165) is 12.8 Å². The maximum absolute atomic E-state index is 12.2. The standard InChI is InChI=1S/C12H15N3O3/c1-3-4-5-15-11(17)9-6-8(16)7-13-10(9)14(2)12(15)18/h6-7,16H,3-5H2,1-2H3. The molecular formula is C12H15N3O3. The van der Waals surface area contributed by atoms with Gasteiger partial charge in [-0.25, -0.2) is 9.78 Å². The third kappa shape index (κ3) is 1.90. The van der Waals surface area contributed by atoms with Gasteiger partial charge in [-0.15, -0.1) is 0 Å². The van der Waals surface area contributed by atoms with Crippen LogP contribution in [0.1, 0.15) is 19.8 Å². The number of nitrogens with zero attached hydrogens (tertiary/aromatic N) is 3. The maximum atomic E-state index is 12.2. The van der Waals surface area contributed by atoms with Crippen LogP contribution in [0, 0.1) is 0 Å². The van der Waals surface area contributed by atoms with Gasteiger partial charge in [0.1, 0.15) is 11.4 Å². The van der Waals surface area contributed by atoms with Crippen LogP contribution in [0.3, 0.4) is 0 Å². The van der Waals surface area contributed by atoms with E-state index in [0.29, 0.717) is 6.54 Å². The molecule has 6 heteroatoms. The number of hydrogen-bond acceptors (Lipinski definition) is 4. The summed E-state index contributed by atoms with van der Waals surface area (Å²) in [5.41, 5.74) is -0.486. The number of fused-ring (bicyclic) bond motifs is 1. The molecule has 1 N–H and O–H groups in total. The second kappa shape index (κ2) is 4.64. The van der Waals surface area contributed by atoms with Gasteiger partial charge in [0.2, 0.25) is 0 Å². The molecular weight excluding hydrogens is 234 g/mol. The van der Waals surface area contributed by atoms with Crippen molar-refractivity contribution in [3.05, 3.63) is 33.1 Å². The lowest BCUT2D eigenvalue weighted by atomic mass is 10.3. The second-order valence-corrected chi connectivity index (χ2v) is 4.22. The molecule has 18 heavy (non-hydrogen) atoms. The van der Waals surface area contributed by atoms with Crippen molar-refractivity contribution < 1.29 is 5.11 Å². The second-order valence-electron chi connectivity index (χ2n) is 4.22. The van der Waals surface area contributed by atoms with Crippen molar-refractivity contribution in [1.82, 2.24) is 14.1 Å². The molecule has 2 aromatic rings. The summed E-state index contributed by atoms with van der Waals surface area (Å²) in [4.78, 5) is 28.1. The molecule has 2 heterocycles. The molecule has 6 nitrogen and oxygen atoms in total. The molecule has 0 bridgehead atoms. The molecule has 0 fully saturated rings. The molecule has 0 spiro atoms. The fourth-order valence-electron chi connectivity index (χ4n) is 1.89. The molecule has 0 atom stereocenters. The van der Waals surface area contributed by atoms with Crippen molar-refractivity contribution in [1.29, 1.82) is 0 Å². The van der Waals surface area contributed by atoms with Crippen LogP contribution in [0.2, 0.25) is 0 Å². The average Bonchev–Trinajstić information content (AvgIpc) is 2.36. The molecule has 0 radical (unpaired) electrons. The number of unbranched alkanes of at least 4 members (excludes halogenated alkanes) is 1. The summed E-state index contributed by atoms with van der Waals surface area (Å²) in [7, 11) is 1.57. The first kappa shape index (κ1) is 12.3. The Balaban J connectivity index is 2.80. The van der Waals surface area contributed by atoms with Gasteiger partial charge in [-0.2, -0.15) is 0 Å². The molecule has 2 rings (SSSR count). The van der Waals surface area contributed by atoms with Crippen molar-refractivity contribution in [2.45, 2.75) is 26.3 Å². The van der Waals surface area contributed by atoms with Crippen molar-refractivity contribution in [3.8, 4) is 5.75 Å². The summed E-state index contributed by atoms with van der Waals surface area (Å²) in [5, 5.41) is 9.64. The van der Waals surface area contributed by atoms with Gasteiger partial charge in [0.05, 0.1) is 11.6 Å². The highest BCUT2D eigenvalue weighted by Gasteiger charge is 2.11. The van der Waals surface area contributed by atoms with Gasteiger partial charge in [0.15, 0.2) is 0 Å². The van der Waals surface area contributed by atoms with Gasteiger partial charge in [0, 0.05) is 13.6 Å². The topological polar surface area (TPSA) is 77.1 Å². The Bertz CT molecular complexity index is 700. The highest BCUT2D eigenvalue weighted by Crippen LogP contribution is 2.11. The normalized spacial score (nSPS) is 11.0. The van der Waals surface area contributed by atoms with Crippen LogP contribution in [0.5, 0.6) is 5.75 Å². The third-order valence-electron chi connectivity index (χ3n) is 2.90. The quantitative estimate of drug-likeness (QED) is 0.864. The molecule has 0 aromatic carbocycles. The predicted octanol–water partition coefficient (Wildman–Crippen LogP) is 0.601. The lowest BCUT2D eigenvalue weighted by molar-refractivity contribution is 0.473. The molecule has 0 amide bonds. The highest BCUT2D eigenvalue weighted by atomic mass is 16.3. The summed E-state index contributed by atoms with van der Waals surface area (Å²) in [5.74, 6) is -0.0831. The Morgan fingerprint density at radius 2 is 2.11 bits per heavy atom. The molecule has 0 aliphatic rings. The van der Waals surface area contributed by atoms with Gasteiger partial charge >= 0.3 is 5.69 Å². The van der Waals surface area contributed by atoms with Crippen LogP contribution < -0.4 is 11.2 Å². The monoisotopic (exact) mass is 249 g/mol. The minimum Gasteiger partial charge on any atom is -0.506 e. The van der Waals surface area contributed by atoms with E-state index in [-0.39, 0.29) is 22.5 Å². The minimum absolute atomic E-state index is 0.0831. The Kier molecular flexibility index (Phi) is 3.18. The zero-order valence-corrected chi connectivity index (χ0v) is 10.4. The van der Waals surface area contributed by atoms with Crippen LogP contribution in [0.15, 0.2) is 21.9 Å². The van der Waals surface area contributed by atoms with E-state index in [2.05, 4.69) is 4.98 Å². The summed E-state index contributed by atoms with van der Waals surface area (Å²) >= 11 is 0. The zero-order chi connectivity index (χ0) is 13.3. The van der Waals surface area contributed by atoms with Crippen molar-refractivity contribution in [2.75, 3.05) is 0 Å². The Hall–Kier alpha value is -2.11. The Labute approximate surface area is 103 Å². The van der Waals surface area contributed by atoms with Crippen LogP contribution in [0.4, 0.5) is 0 Å². The van der Waals surface area contributed by atoms with Crippen LogP contribution in [0.25, 0.3) is 11.0 Å². The third-order valence-corrected chi connectivity index (χ3v) is 2.90. The van der Waals surface area contributed by atoms with E-state index in [1.165, 1.54) is 21.4 Å². The van der Waals surface area contributed by atoms with Crippen LogP contribution in [-0.2, 0) is 13.6 Å². The van der Waals surface area contributed by atoms with E-state index in [9.17, 15) is 14.7 Å². The maximum Gasteiger partial charge on any atom is 0.332 e. The predicted molar refractivity (Wildman–Crippen MR) is 67.8 cm³/mol. The summed E-state index contributed by atoms with van der Waals surface area (Å²) in [6, 6.07) is 1.34. The largest absolute Gasteiger partial charge is 0.506 e. The van der Waals surface area contributed by atoms with Gasteiger partial charge in [-0.3, -0.25) is 13.9 Å². The average molecular weight is 249 g/mol. The van der Waals surface area contributed by atoms with E-state index in [1.807, 2.05) is 6.92 Å². The fraction of sp³-hybridized carbons (Fsp3) is 0.417. The Morgan fingerprint density at radius 1 is 1.39 bits per heavy atom. The zero-order valence-electron chi connectivity index (χ0n) is 10.4. The number of aryl methyl sites for hydroxylation is 1. The SMILES string of the molecule is CCCCn1c(=O)c2cc(O)cnc2n(C)c1=O. The van der Waals surface area contributed by atoms with Crippen molar-refractivity contribution >= 4 is 11.0 Å². The minimum atomic E-state index is -0.398. The lowest BCUT2D eigenvalue weighted by Crippen LogP contribution is -2.39. The molecule has 2 aromatic heterocycles. The van der Waals surface area contributed by atoms with Gasteiger partial charge < -0.3 is 5.11 Å². The summed E-state index contributed by atoms with van der Waals surface area (Å²) in [6.07, 6.45) is 2.87. The molecule has 0 saturated heterocycles. The summed E-state index contributed by atoms with van der Waals surface area (Å²) in [6.45, 7) is 2.37. The van der Waals surface area contributed by atoms with E-state index in [4.69, 9.17) is 0 Å². The van der Waals surface area contributed by atoms with Gasteiger partial charge in [0.25, 0.3) is 5.56 Å². The first-order chi connectivity index (χ1) is 8.56. The summed E-state index contributed by atoms with van der Waals surface area (Å²) < 4.78 is 2.51. The number of aromatic hydroxyl groups is 1. The number of aromatic nitrogens is 3. The lowest BCUT2D eigenvalue weighted by Gasteiger charge is -2.09. The van der Waals surface area contributed by atoms with E-state index in [1.54, 1.807) is 7.05 Å². The smallest absolute Gasteiger partial charge is 0.332 e. The van der Waals surface area contributed by atoms with Gasteiger partial charge in [-0.1, -0.05) is 13.3 Å². The first-order valence-electron chi connectivity index (χ1n) is 5.84. The van der Waals surface area contributed by atoms with Crippen LogP contribution in [-0.4, -0.2) is 19.2 Å². The first-order valence-corrected chi connectivity index (χ1v) is 5.84. The van der Waals surface area contributed by atoms with Gasteiger partial charge in [-0.05, 0) is 12.5 Å². The molecule has 0 aliphatic heterocycles. The van der Waals surface area contributed by atoms with Crippen molar-refractivity contribution in [3.63, 3.8) is 0 Å². The number of rotatable bonds is 3. The van der Waals surface area contributed by atoms with Crippen LogP contribution >= 0.6 is 0 Å². The number of hydrogen-bond donors (Lipinski definition) is 1. The van der Waals surface area contributed by atoms with E-state index < -0.39 is 5.56 Å². The fourth-order valence-corrected chi connectivity index (χ4v) is 1.89. The Morgan fingerprint density at radius 3 is 2.78 bits per heavy atom. The van der Waals surface area contributed by atoms with Crippen molar-refractivity contribution in [2.24, 2.45) is 7.05 Å². The molecule has 96 valence electrons. The highest BCUT2D eigenvalue weighted by molar-refractivity contribution is 5.75. The van der Waals surface area contributed by atoms with E-state index >= 15 is 0 Å². The molecule has 0 saturated carbocycles. The molecule has 0 aliphatic carbocycles. The molecule has 0 unspecified atom stereocenters. The number of pyridine rings is 1.